The topological polar surface area (TPSA) is 78.9 Å². The second-order valence-electron chi connectivity index (χ2n) is 13.0. The molecule has 0 rings (SSSR count). The van der Waals surface area contributed by atoms with Gasteiger partial charge in [0.2, 0.25) is 0 Å². The van der Waals surface area contributed by atoms with E-state index in [1.165, 1.54) is 96.3 Å². The maximum atomic E-state index is 12.6. The summed E-state index contributed by atoms with van der Waals surface area (Å²) in [5.74, 6) is -0.415. The lowest BCUT2D eigenvalue weighted by Crippen LogP contribution is -2.22. The number of esters is 3. The Kier molecular flexibility index (Phi) is 31.6. The van der Waals surface area contributed by atoms with E-state index >= 15 is 0 Å². The average molecular weight is 625 g/mol. The highest BCUT2D eigenvalue weighted by Crippen LogP contribution is 2.17. The van der Waals surface area contributed by atoms with Crippen molar-refractivity contribution in [3.63, 3.8) is 0 Å². The lowest BCUT2D eigenvalue weighted by molar-refractivity contribution is -0.153. The fourth-order valence-electron chi connectivity index (χ4n) is 5.52. The third-order valence-corrected chi connectivity index (χ3v) is 8.41. The van der Waals surface area contributed by atoms with Crippen LogP contribution in [-0.2, 0) is 28.6 Å². The molecular formula is C38H72O6. The molecule has 0 unspecified atom stereocenters. The summed E-state index contributed by atoms with van der Waals surface area (Å²) in [4.78, 5) is 37.1. The van der Waals surface area contributed by atoms with E-state index in [-0.39, 0.29) is 30.1 Å². The van der Waals surface area contributed by atoms with Crippen LogP contribution in [0.1, 0.15) is 207 Å². The minimum Gasteiger partial charge on any atom is -0.466 e. The molecule has 0 aliphatic heterocycles. The maximum Gasteiger partial charge on any atom is 0.306 e. The monoisotopic (exact) mass is 625 g/mol. The number of unbranched alkanes of at least 4 members (excludes halogenated alkanes) is 18. The largest absolute Gasteiger partial charge is 0.466 e. The zero-order chi connectivity index (χ0) is 32.5. The minimum absolute atomic E-state index is 0.132. The number of carbonyl (C=O) groups is 3. The molecule has 0 fully saturated rings. The Morgan fingerprint density at radius 3 is 1.27 bits per heavy atom. The maximum absolute atomic E-state index is 12.6. The smallest absolute Gasteiger partial charge is 0.306 e. The highest BCUT2D eigenvalue weighted by Gasteiger charge is 2.18. The van der Waals surface area contributed by atoms with Crippen molar-refractivity contribution >= 4 is 17.9 Å². The first-order chi connectivity index (χ1) is 21.4. The molecule has 0 aliphatic carbocycles. The molecule has 0 saturated carbocycles. The predicted molar refractivity (Wildman–Crippen MR) is 183 cm³/mol. The molecule has 2 atom stereocenters. The van der Waals surface area contributed by atoms with Gasteiger partial charge in [-0.25, -0.2) is 0 Å². The Labute approximate surface area is 272 Å². The molecule has 260 valence electrons. The van der Waals surface area contributed by atoms with Crippen LogP contribution in [0.4, 0.5) is 0 Å². The van der Waals surface area contributed by atoms with Crippen LogP contribution >= 0.6 is 0 Å². The number of carbonyl (C=O) groups excluding carboxylic acids is 3. The third kappa shape index (κ3) is 30.4. The van der Waals surface area contributed by atoms with Crippen molar-refractivity contribution in [1.29, 1.82) is 0 Å². The highest BCUT2D eigenvalue weighted by atomic mass is 16.6. The molecular weight excluding hydrogens is 552 g/mol. The SMILES string of the molecule is CCCCCCCCCC(=O)OCCC[C@H](CC[C@@H](C)OC(=O)CCCCCCCCC)OC(=O)CCCCCCCCC. The van der Waals surface area contributed by atoms with Crippen LogP contribution in [0.5, 0.6) is 0 Å². The van der Waals surface area contributed by atoms with E-state index in [2.05, 4.69) is 20.8 Å². The van der Waals surface area contributed by atoms with Crippen molar-refractivity contribution in [2.24, 2.45) is 0 Å². The summed E-state index contributed by atoms with van der Waals surface area (Å²) in [5.41, 5.74) is 0. The quantitative estimate of drug-likeness (QED) is 0.0410. The highest BCUT2D eigenvalue weighted by molar-refractivity contribution is 5.70. The number of rotatable bonds is 33. The standard InChI is InChI=1S/C38H72O6/c1-5-8-11-14-17-20-23-28-36(39)42-33-26-27-35(44-38(41)30-25-22-19-16-13-10-7-3)32-31-34(4)43-37(40)29-24-21-18-15-12-9-6-2/h34-35H,5-33H2,1-4H3/t34-,35-/m1/s1. The van der Waals surface area contributed by atoms with Gasteiger partial charge in [-0.15, -0.1) is 0 Å². The van der Waals surface area contributed by atoms with Crippen LogP contribution in [-0.4, -0.2) is 36.7 Å². The van der Waals surface area contributed by atoms with E-state index in [1.54, 1.807) is 0 Å². The van der Waals surface area contributed by atoms with Crippen LogP contribution in [0.2, 0.25) is 0 Å². The summed E-state index contributed by atoms with van der Waals surface area (Å²) in [6, 6.07) is 0. The van der Waals surface area contributed by atoms with E-state index < -0.39 is 0 Å². The van der Waals surface area contributed by atoms with Gasteiger partial charge in [0.15, 0.2) is 0 Å². The molecule has 6 heteroatoms. The van der Waals surface area contributed by atoms with Crippen LogP contribution in [0.15, 0.2) is 0 Å². The molecule has 0 bridgehead atoms. The summed E-state index contributed by atoms with van der Waals surface area (Å²) in [5, 5.41) is 0. The van der Waals surface area contributed by atoms with Crippen LogP contribution in [0.25, 0.3) is 0 Å². The number of hydrogen-bond donors (Lipinski definition) is 0. The van der Waals surface area contributed by atoms with Gasteiger partial charge in [-0.2, -0.15) is 0 Å². The van der Waals surface area contributed by atoms with Crippen LogP contribution in [0, 0.1) is 0 Å². The van der Waals surface area contributed by atoms with E-state index in [0.717, 1.165) is 38.5 Å². The van der Waals surface area contributed by atoms with Crippen molar-refractivity contribution < 1.29 is 28.6 Å². The molecule has 0 N–H and O–H groups in total. The van der Waals surface area contributed by atoms with Crippen molar-refractivity contribution in [3.8, 4) is 0 Å². The van der Waals surface area contributed by atoms with Gasteiger partial charge in [-0.3, -0.25) is 14.4 Å². The lowest BCUT2D eigenvalue weighted by atomic mass is 10.1. The molecule has 0 aromatic rings. The summed E-state index contributed by atoms with van der Waals surface area (Å²) < 4.78 is 17.0. The number of hydrogen-bond acceptors (Lipinski definition) is 6. The van der Waals surface area contributed by atoms with Crippen LogP contribution < -0.4 is 0 Å². The molecule has 0 saturated heterocycles. The first-order valence-electron chi connectivity index (χ1n) is 19.0. The normalized spacial score (nSPS) is 12.5. The Balaban J connectivity index is 4.42. The fraction of sp³-hybridized carbons (Fsp3) is 0.921. The summed E-state index contributed by atoms with van der Waals surface area (Å²) in [6.45, 7) is 8.93. The van der Waals surface area contributed by atoms with Gasteiger partial charge in [0, 0.05) is 19.3 Å². The summed E-state index contributed by atoms with van der Waals surface area (Å²) >= 11 is 0. The lowest BCUT2D eigenvalue weighted by Gasteiger charge is -2.20. The molecule has 0 heterocycles. The first-order valence-corrected chi connectivity index (χ1v) is 19.0. The van der Waals surface area contributed by atoms with Crippen molar-refractivity contribution in [3.05, 3.63) is 0 Å². The van der Waals surface area contributed by atoms with E-state index in [4.69, 9.17) is 14.2 Å². The zero-order valence-corrected chi connectivity index (χ0v) is 29.6. The number of ether oxygens (including phenoxy) is 3. The van der Waals surface area contributed by atoms with Gasteiger partial charge in [0.25, 0.3) is 0 Å². The molecule has 0 amide bonds. The molecule has 6 nitrogen and oxygen atoms in total. The molecule has 44 heavy (non-hydrogen) atoms. The zero-order valence-electron chi connectivity index (χ0n) is 29.6. The van der Waals surface area contributed by atoms with E-state index in [9.17, 15) is 14.4 Å². The first kappa shape index (κ1) is 42.4. The Morgan fingerprint density at radius 1 is 0.432 bits per heavy atom. The summed E-state index contributed by atoms with van der Waals surface area (Å²) in [7, 11) is 0. The van der Waals surface area contributed by atoms with Crippen LogP contribution in [0.3, 0.4) is 0 Å². The molecule has 0 spiro atoms. The Hall–Kier alpha value is -1.59. The molecule has 0 radical (unpaired) electrons. The second-order valence-corrected chi connectivity index (χ2v) is 13.0. The van der Waals surface area contributed by atoms with Gasteiger partial charge in [0.1, 0.15) is 6.10 Å². The predicted octanol–water partition coefficient (Wildman–Crippen LogP) is 11.4. The van der Waals surface area contributed by atoms with Crippen molar-refractivity contribution in [2.75, 3.05) is 6.61 Å². The van der Waals surface area contributed by atoms with Crippen molar-refractivity contribution in [2.45, 2.75) is 220 Å². The van der Waals surface area contributed by atoms with Gasteiger partial charge >= 0.3 is 17.9 Å². The molecule has 0 aliphatic rings. The Bertz CT molecular complexity index is 664. The van der Waals surface area contributed by atoms with Gasteiger partial charge < -0.3 is 14.2 Å². The summed E-state index contributed by atoms with van der Waals surface area (Å²) in [6.07, 6.45) is 28.1. The van der Waals surface area contributed by atoms with Crippen molar-refractivity contribution in [1.82, 2.24) is 0 Å². The fourth-order valence-corrected chi connectivity index (χ4v) is 5.52. The van der Waals surface area contributed by atoms with Gasteiger partial charge in [0.05, 0.1) is 12.7 Å². The van der Waals surface area contributed by atoms with Gasteiger partial charge in [-0.05, 0) is 51.9 Å². The minimum atomic E-state index is -0.252. The third-order valence-electron chi connectivity index (χ3n) is 8.41. The average Bonchev–Trinajstić information content (AvgIpc) is 3.00. The molecule has 0 aromatic heterocycles. The van der Waals surface area contributed by atoms with E-state index in [0.29, 0.717) is 51.6 Å². The second kappa shape index (κ2) is 32.8. The van der Waals surface area contributed by atoms with E-state index in [1.807, 2.05) is 6.92 Å². The van der Waals surface area contributed by atoms with Gasteiger partial charge in [-0.1, -0.05) is 136 Å². The molecule has 0 aromatic carbocycles. The Morgan fingerprint density at radius 2 is 0.818 bits per heavy atom.